The minimum absolute atomic E-state index is 0.151. The maximum Gasteiger partial charge on any atom is 0.416 e. The molecule has 10 heteroatoms. The fourth-order valence-corrected chi connectivity index (χ4v) is 5.56. The highest BCUT2D eigenvalue weighted by Crippen LogP contribution is 2.43. The third kappa shape index (κ3) is 5.47. The van der Waals surface area contributed by atoms with Gasteiger partial charge >= 0.3 is 12.1 Å². The number of carboxylic acid groups (broad SMARTS) is 1. The van der Waals surface area contributed by atoms with Gasteiger partial charge in [-0.1, -0.05) is 18.6 Å². The summed E-state index contributed by atoms with van der Waals surface area (Å²) in [7, 11) is 0. The van der Waals surface area contributed by atoms with Gasteiger partial charge in [0.05, 0.1) is 17.0 Å². The number of hydrogen-bond acceptors (Lipinski definition) is 5. The fraction of sp³-hybridized carbons (Fsp3) is 0.400. The van der Waals surface area contributed by atoms with Gasteiger partial charge in [0.1, 0.15) is 11.4 Å². The maximum absolute atomic E-state index is 13.5. The minimum atomic E-state index is -4.46. The Hall–Kier alpha value is -3.01. The van der Waals surface area contributed by atoms with E-state index in [0.29, 0.717) is 29.8 Å². The number of aromatic amines is 1. The minimum Gasteiger partial charge on any atom is -0.478 e. The van der Waals surface area contributed by atoms with E-state index in [9.17, 15) is 23.1 Å². The zero-order valence-electron chi connectivity index (χ0n) is 19.4. The second-order valence-corrected chi connectivity index (χ2v) is 10.0. The van der Waals surface area contributed by atoms with Gasteiger partial charge in [0.25, 0.3) is 0 Å². The summed E-state index contributed by atoms with van der Waals surface area (Å²) in [4.78, 5) is 12.8. The molecule has 0 amide bonds. The van der Waals surface area contributed by atoms with Crippen molar-refractivity contribution in [3.05, 3.63) is 70.5 Å². The summed E-state index contributed by atoms with van der Waals surface area (Å²) < 4.78 is 46.7. The number of nitrogens with one attached hydrogen (secondary N) is 1. The summed E-state index contributed by atoms with van der Waals surface area (Å²) in [5, 5.41) is 19.8. The number of H-pyrrole nitrogens is 1. The number of thioether (sulfide) groups is 1. The first-order valence-electron chi connectivity index (χ1n) is 11.3. The number of carbonyl (C=O) groups is 1. The molecule has 3 aromatic rings. The first kappa shape index (κ1) is 25.1. The number of carboxylic acids is 1. The molecule has 0 aliphatic heterocycles. The van der Waals surface area contributed by atoms with Gasteiger partial charge in [-0.25, -0.2) is 4.79 Å². The predicted molar refractivity (Wildman–Crippen MR) is 126 cm³/mol. The van der Waals surface area contributed by atoms with Crippen LogP contribution in [0.3, 0.4) is 0 Å². The normalized spacial score (nSPS) is 16.6. The SMILES string of the molecule is Cc1cc(SC(c2ccc(C)c(C(F)(F)F)c2)c2cn[nH]n2)ccc1OC1(C(=O)O)CCCCC1. The summed E-state index contributed by atoms with van der Waals surface area (Å²) in [6.07, 6.45) is 0.543. The average Bonchev–Trinajstić information content (AvgIpc) is 3.34. The molecule has 0 radical (unpaired) electrons. The van der Waals surface area contributed by atoms with Crippen molar-refractivity contribution in [1.29, 1.82) is 0 Å². The number of ether oxygens (including phenoxy) is 1. The lowest BCUT2D eigenvalue weighted by molar-refractivity contribution is -0.158. The van der Waals surface area contributed by atoms with Gasteiger partial charge in [0.15, 0.2) is 0 Å². The van der Waals surface area contributed by atoms with Crippen LogP contribution in [-0.2, 0) is 11.0 Å². The number of aliphatic carboxylic acids is 1. The fourth-order valence-electron chi connectivity index (χ4n) is 4.38. The molecule has 0 bridgehead atoms. The van der Waals surface area contributed by atoms with Gasteiger partial charge in [-0.3, -0.25) is 0 Å². The molecular formula is C25H26F3N3O3S. The quantitative estimate of drug-likeness (QED) is 0.357. The van der Waals surface area contributed by atoms with Crippen LogP contribution in [0.5, 0.6) is 5.75 Å². The number of benzene rings is 2. The van der Waals surface area contributed by atoms with Crippen molar-refractivity contribution < 1.29 is 27.8 Å². The molecule has 1 fully saturated rings. The van der Waals surface area contributed by atoms with Crippen molar-refractivity contribution in [3.8, 4) is 5.75 Å². The lowest BCUT2D eigenvalue weighted by Gasteiger charge is -2.34. The number of nitrogens with zero attached hydrogens (tertiary/aromatic N) is 2. The lowest BCUT2D eigenvalue weighted by atomic mass is 9.84. The number of hydrogen-bond donors (Lipinski definition) is 2. The maximum atomic E-state index is 13.5. The van der Waals surface area contributed by atoms with Crippen molar-refractivity contribution in [3.63, 3.8) is 0 Å². The van der Waals surface area contributed by atoms with E-state index in [4.69, 9.17) is 4.74 Å². The van der Waals surface area contributed by atoms with Crippen LogP contribution >= 0.6 is 11.8 Å². The van der Waals surface area contributed by atoms with Gasteiger partial charge in [-0.2, -0.15) is 28.6 Å². The van der Waals surface area contributed by atoms with Gasteiger partial charge in [0.2, 0.25) is 5.60 Å². The molecule has 186 valence electrons. The smallest absolute Gasteiger partial charge is 0.416 e. The lowest BCUT2D eigenvalue weighted by Crippen LogP contribution is -2.46. The van der Waals surface area contributed by atoms with Crippen LogP contribution < -0.4 is 4.74 Å². The molecule has 1 heterocycles. The number of alkyl halides is 3. The molecule has 1 aliphatic carbocycles. The molecule has 1 atom stereocenters. The summed E-state index contributed by atoms with van der Waals surface area (Å²) in [6.45, 7) is 3.26. The molecule has 0 spiro atoms. The average molecular weight is 506 g/mol. The van der Waals surface area contributed by atoms with Crippen molar-refractivity contribution in [2.75, 3.05) is 0 Å². The van der Waals surface area contributed by atoms with Crippen LogP contribution in [-0.4, -0.2) is 32.1 Å². The van der Waals surface area contributed by atoms with Crippen molar-refractivity contribution in [2.45, 2.75) is 67.9 Å². The van der Waals surface area contributed by atoms with E-state index in [-0.39, 0.29) is 5.56 Å². The Morgan fingerprint density at radius 3 is 2.46 bits per heavy atom. The molecule has 1 aromatic heterocycles. The molecule has 1 aliphatic rings. The molecule has 4 rings (SSSR count). The van der Waals surface area contributed by atoms with Gasteiger partial charge in [-0.05, 0) is 80.5 Å². The van der Waals surface area contributed by atoms with E-state index in [0.717, 1.165) is 35.8 Å². The summed E-state index contributed by atoms with van der Waals surface area (Å²) in [6, 6.07) is 9.66. The van der Waals surface area contributed by atoms with Crippen LogP contribution in [0.1, 0.15) is 65.3 Å². The summed E-state index contributed by atoms with van der Waals surface area (Å²) >= 11 is 1.34. The predicted octanol–water partition coefficient (Wildman–Crippen LogP) is 6.49. The first-order chi connectivity index (χ1) is 16.6. The van der Waals surface area contributed by atoms with E-state index >= 15 is 0 Å². The Balaban J connectivity index is 1.63. The molecule has 0 saturated heterocycles. The second kappa shape index (κ2) is 9.93. The second-order valence-electron chi connectivity index (χ2n) is 8.85. The summed E-state index contributed by atoms with van der Waals surface area (Å²) in [5.74, 6) is -0.465. The molecule has 6 nitrogen and oxygen atoms in total. The van der Waals surface area contributed by atoms with Crippen molar-refractivity contribution in [1.82, 2.24) is 15.4 Å². The highest BCUT2D eigenvalue weighted by atomic mass is 32.2. The molecule has 35 heavy (non-hydrogen) atoms. The highest BCUT2D eigenvalue weighted by Gasteiger charge is 2.42. The highest BCUT2D eigenvalue weighted by molar-refractivity contribution is 7.99. The molecule has 2 aromatic carbocycles. The Kier molecular flexibility index (Phi) is 7.12. The standard InChI is InChI=1S/C25H26F3N3O3S/c1-15-6-7-17(13-19(15)25(26,27)28)22(20-14-29-31-30-20)35-18-8-9-21(16(2)12-18)34-24(23(32)33)10-4-3-5-11-24/h6-9,12-14,22H,3-5,10-11H2,1-2H3,(H,32,33)(H,29,30,31). The van der Waals surface area contributed by atoms with E-state index in [1.54, 1.807) is 18.2 Å². The van der Waals surface area contributed by atoms with Gasteiger partial charge in [0, 0.05) is 4.90 Å². The molecule has 2 N–H and O–H groups in total. The van der Waals surface area contributed by atoms with Crippen molar-refractivity contribution >= 4 is 17.7 Å². The summed E-state index contributed by atoms with van der Waals surface area (Å²) in [5.41, 5.74) is -0.0616. The van der Waals surface area contributed by atoms with Crippen molar-refractivity contribution in [2.24, 2.45) is 0 Å². The zero-order valence-corrected chi connectivity index (χ0v) is 20.2. The third-order valence-electron chi connectivity index (χ3n) is 6.33. The first-order valence-corrected chi connectivity index (χ1v) is 12.2. The van der Waals surface area contributed by atoms with Crippen LogP contribution in [0, 0.1) is 13.8 Å². The topological polar surface area (TPSA) is 88.1 Å². The van der Waals surface area contributed by atoms with Gasteiger partial charge < -0.3 is 9.84 Å². The molecule has 1 saturated carbocycles. The van der Waals surface area contributed by atoms with E-state index < -0.39 is 28.6 Å². The van der Waals surface area contributed by atoms with Crippen LogP contribution in [0.15, 0.2) is 47.5 Å². The number of halogens is 3. The van der Waals surface area contributed by atoms with Crippen LogP contribution in [0.2, 0.25) is 0 Å². The Morgan fingerprint density at radius 1 is 1.11 bits per heavy atom. The van der Waals surface area contributed by atoms with Gasteiger partial charge in [-0.15, -0.1) is 11.8 Å². The largest absolute Gasteiger partial charge is 0.478 e. The Labute approximate surface area is 205 Å². The van der Waals surface area contributed by atoms with E-state index in [2.05, 4.69) is 15.4 Å². The van der Waals surface area contributed by atoms with Crippen LogP contribution in [0.4, 0.5) is 13.2 Å². The monoisotopic (exact) mass is 505 g/mol. The Morgan fingerprint density at radius 2 is 1.86 bits per heavy atom. The number of aromatic nitrogens is 3. The Bertz CT molecular complexity index is 1190. The van der Waals surface area contributed by atoms with E-state index in [1.807, 2.05) is 13.0 Å². The molecular weight excluding hydrogens is 479 g/mol. The van der Waals surface area contributed by atoms with Crippen LogP contribution in [0.25, 0.3) is 0 Å². The zero-order chi connectivity index (χ0) is 25.2. The van der Waals surface area contributed by atoms with E-state index in [1.165, 1.54) is 30.9 Å². The molecule has 1 unspecified atom stereocenters. The number of rotatable bonds is 7. The number of aryl methyl sites for hydroxylation is 2. The third-order valence-corrected chi connectivity index (χ3v) is 7.60.